The van der Waals surface area contributed by atoms with Gasteiger partial charge in [0.05, 0.1) is 12.6 Å². The van der Waals surface area contributed by atoms with Gasteiger partial charge < -0.3 is 4.74 Å². The Bertz CT molecular complexity index is 453. The summed E-state index contributed by atoms with van der Waals surface area (Å²) >= 11 is 0. The predicted octanol–water partition coefficient (Wildman–Crippen LogP) is 3.18. The van der Waals surface area contributed by atoms with Gasteiger partial charge in [-0.25, -0.2) is 0 Å². The molecule has 0 N–H and O–H groups in total. The molecule has 1 aromatic rings. The second-order valence-electron chi connectivity index (χ2n) is 6.05. The van der Waals surface area contributed by atoms with Gasteiger partial charge in [0, 0.05) is 19.2 Å². The lowest BCUT2D eigenvalue weighted by Crippen LogP contribution is -2.46. The van der Waals surface area contributed by atoms with Crippen molar-refractivity contribution in [2.75, 3.05) is 26.8 Å². The molecule has 0 radical (unpaired) electrons. The van der Waals surface area contributed by atoms with E-state index in [1.165, 1.54) is 12.0 Å². The third kappa shape index (κ3) is 4.14. The number of carbonyl (C=O) groups excluding carboxylic acids is 1. The molecule has 2 unspecified atom stereocenters. The predicted molar refractivity (Wildman–Crippen MR) is 85.8 cm³/mol. The molecule has 1 aliphatic heterocycles. The van der Waals surface area contributed by atoms with E-state index >= 15 is 0 Å². The van der Waals surface area contributed by atoms with Crippen molar-refractivity contribution in [2.24, 2.45) is 5.92 Å². The van der Waals surface area contributed by atoms with E-state index in [9.17, 15) is 4.79 Å². The van der Waals surface area contributed by atoms with E-state index in [0.717, 1.165) is 38.1 Å². The maximum atomic E-state index is 12.6. The van der Waals surface area contributed by atoms with Gasteiger partial charge >= 0.3 is 0 Å². The molecular formula is C18H27NO2. The lowest BCUT2D eigenvalue weighted by molar-refractivity contribution is 0.0595. The lowest BCUT2D eigenvalue weighted by atomic mass is 9.95. The number of hydrogen-bond acceptors (Lipinski definition) is 3. The molecule has 0 bridgehead atoms. The Morgan fingerprint density at radius 2 is 2.10 bits per heavy atom. The fraction of sp³-hybridized carbons (Fsp3) is 0.611. The van der Waals surface area contributed by atoms with Crippen molar-refractivity contribution in [3.05, 3.63) is 35.4 Å². The Hall–Kier alpha value is -1.19. The topological polar surface area (TPSA) is 29.5 Å². The summed E-state index contributed by atoms with van der Waals surface area (Å²) < 4.78 is 5.27. The fourth-order valence-electron chi connectivity index (χ4n) is 3.13. The summed E-state index contributed by atoms with van der Waals surface area (Å²) in [5.41, 5.74) is 2.10. The number of nitrogens with zero attached hydrogens (tertiary/aromatic N) is 1. The molecule has 0 spiro atoms. The standard InChI is InChI=1S/C18H27NO2/c1-4-15-7-9-17(10-8-15)18(20)14(2)19-11-5-6-16(12-19)13-21-3/h7-10,14,16H,4-6,11-13H2,1-3H3. The summed E-state index contributed by atoms with van der Waals surface area (Å²) in [5, 5.41) is 0. The summed E-state index contributed by atoms with van der Waals surface area (Å²) in [6.45, 7) is 6.94. The summed E-state index contributed by atoms with van der Waals surface area (Å²) in [7, 11) is 1.75. The number of rotatable bonds is 6. The number of aryl methyl sites for hydroxylation is 1. The normalized spacial score (nSPS) is 21.2. The molecule has 1 fully saturated rings. The Morgan fingerprint density at radius 1 is 1.38 bits per heavy atom. The number of carbonyl (C=O) groups is 1. The van der Waals surface area contributed by atoms with E-state index in [0.29, 0.717) is 5.92 Å². The average molecular weight is 289 g/mol. The van der Waals surface area contributed by atoms with Crippen molar-refractivity contribution in [2.45, 2.75) is 39.2 Å². The monoisotopic (exact) mass is 289 g/mol. The minimum Gasteiger partial charge on any atom is -0.384 e. The molecule has 0 aromatic heterocycles. The summed E-state index contributed by atoms with van der Waals surface area (Å²) in [6, 6.07) is 8.01. The highest BCUT2D eigenvalue weighted by Gasteiger charge is 2.27. The van der Waals surface area contributed by atoms with Gasteiger partial charge in [0.2, 0.25) is 0 Å². The van der Waals surface area contributed by atoms with Gasteiger partial charge in [0.15, 0.2) is 5.78 Å². The first kappa shape index (κ1) is 16.2. The molecule has 1 aliphatic rings. The Balaban J connectivity index is 2.00. The van der Waals surface area contributed by atoms with Crippen LogP contribution >= 0.6 is 0 Å². The van der Waals surface area contributed by atoms with Crippen LogP contribution in [0.1, 0.15) is 42.6 Å². The summed E-state index contributed by atoms with van der Waals surface area (Å²) in [4.78, 5) is 14.9. The molecule has 2 rings (SSSR count). The average Bonchev–Trinajstić information content (AvgIpc) is 2.54. The molecule has 1 heterocycles. The third-order valence-electron chi connectivity index (χ3n) is 4.53. The molecule has 3 nitrogen and oxygen atoms in total. The van der Waals surface area contributed by atoms with Gasteiger partial charge in [0.1, 0.15) is 0 Å². The zero-order valence-corrected chi connectivity index (χ0v) is 13.5. The zero-order chi connectivity index (χ0) is 15.2. The van der Waals surface area contributed by atoms with Gasteiger partial charge in [-0.1, -0.05) is 31.2 Å². The summed E-state index contributed by atoms with van der Waals surface area (Å²) in [6.07, 6.45) is 3.37. The zero-order valence-electron chi connectivity index (χ0n) is 13.5. The first-order chi connectivity index (χ1) is 10.2. The van der Waals surface area contributed by atoms with E-state index in [4.69, 9.17) is 4.74 Å². The van der Waals surface area contributed by atoms with Crippen LogP contribution in [-0.4, -0.2) is 43.5 Å². The Kier molecular flexibility index (Phi) is 5.95. The van der Waals surface area contributed by atoms with Gasteiger partial charge in [-0.15, -0.1) is 0 Å². The molecule has 2 atom stereocenters. The van der Waals surface area contributed by atoms with Gasteiger partial charge in [-0.3, -0.25) is 9.69 Å². The number of methoxy groups -OCH3 is 1. The Morgan fingerprint density at radius 3 is 2.71 bits per heavy atom. The minimum atomic E-state index is -0.0443. The van der Waals surface area contributed by atoms with Gasteiger partial charge in [0.25, 0.3) is 0 Å². The minimum absolute atomic E-state index is 0.0443. The number of ether oxygens (including phenoxy) is 1. The molecule has 21 heavy (non-hydrogen) atoms. The van der Waals surface area contributed by atoms with Crippen molar-refractivity contribution in [1.82, 2.24) is 4.90 Å². The molecule has 3 heteroatoms. The quantitative estimate of drug-likeness (QED) is 0.753. The van der Waals surface area contributed by atoms with Crippen LogP contribution in [0.2, 0.25) is 0 Å². The molecule has 1 saturated heterocycles. The fourth-order valence-corrected chi connectivity index (χ4v) is 3.13. The first-order valence-corrected chi connectivity index (χ1v) is 8.01. The maximum Gasteiger partial charge on any atom is 0.179 e. The first-order valence-electron chi connectivity index (χ1n) is 8.01. The highest BCUT2D eigenvalue weighted by molar-refractivity contribution is 5.99. The van der Waals surface area contributed by atoms with E-state index in [1.807, 2.05) is 19.1 Å². The Labute approximate surface area is 128 Å². The second kappa shape index (κ2) is 7.71. The van der Waals surface area contributed by atoms with Gasteiger partial charge in [-0.05, 0) is 44.2 Å². The van der Waals surface area contributed by atoms with Crippen molar-refractivity contribution in [3.8, 4) is 0 Å². The van der Waals surface area contributed by atoms with Crippen molar-refractivity contribution >= 4 is 5.78 Å². The van der Waals surface area contributed by atoms with E-state index in [2.05, 4.69) is 24.0 Å². The molecule has 0 aliphatic carbocycles. The second-order valence-corrected chi connectivity index (χ2v) is 6.05. The number of benzene rings is 1. The van der Waals surface area contributed by atoms with Crippen LogP contribution in [0.15, 0.2) is 24.3 Å². The number of piperidine rings is 1. The van der Waals surface area contributed by atoms with E-state index in [1.54, 1.807) is 7.11 Å². The SMILES string of the molecule is CCc1ccc(C(=O)C(C)N2CCCC(COC)C2)cc1. The van der Waals surface area contributed by atoms with Crippen LogP contribution in [0.5, 0.6) is 0 Å². The largest absolute Gasteiger partial charge is 0.384 e. The van der Waals surface area contributed by atoms with Crippen LogP contribution in [0.3, 0.4) is 0 Å². The van der Waals surface area contributed by atoms with Crippen molar-refractivity contribution in [1.29, 1.82) is 0 Å². The van der Waals surface area contributed by atoms with Crippen molar-refractivity contribution < 1.29 is 9.53 Å². The molecule has 0 saturated carbocycles. The summed E-state index contributed by atoms with van der Waals surface area (Å²) in [5.74, 6) is 0.789. The maximum absolute atomic E-state index is 12.6. The van der Waals surface area contributed by atoms with Crippen LogP contribution in [0.4, 0.5) is 0 Å². The van der Waals surface area contributed by atoms with E-state index < -0.39 is 0 Å². The van der Waals surface area contributed by atoms with Crippen LogP contribution in [-0.2, 0) is 11.2 Å². The highest BCUT2D eigenvalue weighted by Crippen LogP contribution is 2.20. The van der Waals surface area contributed by atoms with Crippen molar-refractivity contribution in [3.63, 3.8) is 0 Å². The van der Waals surface area contributed by atoms with Crippen LogP contribution in [0.25, 0.3) is 0 Å². The molecular weight excluding hydrogens is 262 g/mol. The number of Topliss-reactive ketones (excluding diaryl/α,β-unsaturated/α-hetero) is 1. The lowest BCUT2D eigenvalue weighted by Gasteiger charge is -2.35. The van der Waals surface area contributed by atoms with Crippen LogP contribution in [0, 0.1) is 5.92 Å². The number of likely N-dealkylation sites (tertiary alicyclic amines) is 1. The molecule has 116 valence electrons. The van der Waals surface area contributed by atoms with E-state index in [-0.39, 0.29) is 11.8 Å². The number of ketones is 1. The highest BCUT2D eigenvalue weighted by atomic mass is 16.5. The van der Waals surface area contributed by atoms with Gasteiger partial charge in [-0.2, -0.15) is 0 Å². The smallest absolute Gasteiger partial charge is 0.179 e. The molecule has 1 aromatic carbocycles. The third-order valence-corrected chi connectivity index (χ3v) is 4.53. The van der Waals surface area contributed by atoms with Crippen LogP contribution < -0.4 is 0 Å². The molecule has 0 amide bonds. The number of hydrogen-bond donors (Lipinski definition) is 0.